The van der Waals surface area contributed by atoms with E-state index in [0.29, 0.717) is 26.1 Å². The van der Waals surface area contributed by atoms with Gasteiger partial charge in [-0.15, -0.1) is 0 Å². The summed E-state index contributed by atoms with van der Waals surface area (Å²) in [6.07, 6.45) is 1.84. The van der Waals surface area contributed by atoms with E-state index in [1.54, 1.807) is 6.07 Å². The van der Waals surface area contributed by atoms with Crippen molar-refractivity contribution in [2.24, 2.45) is 5.92 Å². The lowest BCUT2D eigenvalue weighted by molar-refractivity contribution is -0.125. The molecule has 2 aliphatic rings. The third-order valence-corrected chi connectivity index (χ3v) is 4.42. The molecule has 1 heterocycles. The molecule has 3 rings (SSSR count). The van der Waals surface area contributed by atoms with Gasteiger partial charge in [-0.1, -0.05) is 12.1 Å². The molecule has 2 atom stereocenters. The van der Waals surface area contributed by atoms with Gasteiger partial charge in [0.15, 0.2) is 0 Å². The van der Waals surface area contributed by atoms with Gasteiger partial charge in [0.2, 0.25) is 5.91 Å². The number of carbonyl (C=O) groups is 1. The molecule has 1 saturated carbocycles. The standard InChI is InChI=1S/C16H20FNO3/c17-12-3-1-2-11(8-12)13-9-14(13)15(19)18-10-16(20)4-6-21-7-5-16/h1-3,8,13-14,20H,4-7,9-10H2,(H,18,19). The Hall–Kier alpha value is -1.46. The molecule has 0 spiro atoms. The molecule has 114 valence electrons. The molecule has 2 unspecified atom stereocenters. The minimum atomic E-state index is -0.850. The van der Waals surface area contributed by atoms with Gasteiger partial charge in [0.25, 0.3) is 0 Å². The molecule has 1 aliphatic carbocycles. The van der Waals surface area contributed by atoms with E-state index in [2.05, 4.69) is 5.32 Å². The highest BCUT2D eigenvalue weighted by Crippen LogP contribution is 2.47. The highest BCUT2D eigenvalue weighted by molar-refractivity contribution is 5.82. The zero-order valence-electron chi connectivity index (χ0n) is 11.8. The summed E-state index contributed by atoms with van der Waals surface area (Å²) in [5.74, 6) is -0.320. The van der Waals surface area contributed by atoms with E-state index in [4.69, 9.17) is 4.74 Å². The van der Waals surface area contributed by atoms with E-state index in [1.165, 1.54) is 12.1 Å². The maximum absolute atomic E-state index is 13.2. The summed E-state index contributed by atoms with van der Waals surface area (Å²) in [5, 5.41) is 13.1. The van der Waals surface area contributed by atoms with E-state index in [0.717, 1.165) is 12.0 Å². The number of carbonyl (C=O) groups excluding carboxylic acids is 1. The van der Waals surface area contributed by atoms with E-state index in [-0.39, 0.29) is 30.1 Å². The molecule has 1 saturated heterocycles. The van der Waals surface area contributed by atoms with Gasteiger partial charge in [-0.3, -0.25) is 4.79 Å². The number of nitrogens with one attached hydrogen (secondary N) is 1. The van der Waals surface area contributed by atoms with Crippen LogP contribution < -0.4 is 5.32 Å². The van der Waals surface area contributed by atoms with Crippen LogP contribution >= 0.6 is 0 Å². The second-order valence-corrected chi connectivity index (χ2v) is 6.06. The molecule has 1 aliphatic heterocycles. The van der Waals surface area contributed by atoms with Crippen LogP contribution in [0.4, 0.5) is 4.39 Å². The molecule has 5 heteroatoms. The first-order valence-electron chi connectivity index (χ1n) is 7.41. The Balaban J connectivity index is 1.51. The first-order valence-corrected chi connectivity index (χ1v) is 7.41. The molecule has 4 nitrogen and oxygen atoms in total. The maximum atomic E-state index is 13.2. The Kier molecular flexibility index (Phi) is 3.95. The minimum Gasteiger partial charge on any atom is -0.388 e. The van der Waals surface area contributed by atoms with Gasteiger partial charge in [0.05, 0.1) is 5.60 Å². The smallest absolute Gasteiger partial charge is 0.223 e. The molecule has 2 N–H and O–H groups in total. The molecular formula is C16H20FNO3. The fourth-order valence-corrected chi connectivity index (χ4v) is 2.90. The Bertz CT molecular complexity index is 528. The number of aliphatic hydroxyl groups is 1. The van der Waals surface area contributed by atoms with Crippen LogP contribution in [0.15, 0.2) is 24.3 Å². The summed E-state index contributed by atoms with van der Waals surface area (Å²) in [6.45, 7) is 1.32. The number of amides is 1. The Morgan fingerprint density at radius 3 is 2.90 bits per heavy atom. The summed E-state index contributed by atoms with van der Waals surface area (Å²) in [7, 11) is 0. The lowest BCUT2D eigenvalue weighted by atomic mass is 9.94. The fourth-order valence-electron chi connectivity index (χ4n) is 2.90. The second-order valence-electron chi connectivity index (χ2n) is 6.06. The van der Waals surface area contributed by atoms with Crippen molar-refractivity contribution in [3.05, 3.63) is 35.6 Å². The number of rotatable bonds is 4. The predicted octanol–water partition coefficient (Wildman–Crippen LogP) is 1.59. The van der Waals surface area contributed by atoms with Gasteiger partial charge in [0.1, 0.15) is 5.82 Å². The van der Waals surface area contributed by atoms with Crippen LogP contribution in [0.2, 0.25) is 0 Å². The minimum absolute atomic E-state index is 0.0517. The third kappa shape index (κ3) is 3.41. The average molecular weight is 293 g/mol. The van der Waals surface area contributed by atoms with Crippen LogP contribution in [0.5, 0.6) is 0 Å². The summed E-state index contributed by atoms with van der Waals surface area (Å²) in [5.41, 5.74) is 0.0249. The van der Waals surface area contributed by atoms with Gasteiger partial charge < -0.3 is 15.2 Å². The molecule has 2 fully saturated rings. The molecule has 1 aromatic rings. The average Bonchev–Trinajstić information content (AvgIpc) is 3.26. The lowest BCUT2D eigenvalue weighted by Crippen LogP contribution is -2.47. The van der Waals surface area contributed by atoms with Crippen molar-refractivity contribution in [1.82, 2.24) is 5.32 Å². The number of hydrogen-bond acceptors (Lipinski definition) is 3. The third-order valence-electron chi connectivity index (χ3n) is 4.42. The molecule has 0 bridgehead atoms. The van der Waals surface area contributed by atoms with Crippen molar-refractivity contribution in [2.45, 2.75) is 30.8 Å². The molecule has 1 amide bonds. The van der Waals surface area contributed by atoms with Gasteiger partial charge in [-0.05, 0) is 30.0 Å². The first-order chi connectivity index (χ1) is 10.1. The van der Waals surface area contributed by atoms with Gasteiger partial charge >= 0.3 is 0 Å². The van der Waals surface area contributed by atoms with E-state index in [1.807, 2.05) is 6.07 Å². The Morgan fingerprint density at radius 1 is 1.43 bits per heavy atom. The lowest BCUT2D eigenvalue weighted by Gasteiger charge is -2.32. The monoisotopic (exact) mass is 293 g/mol. The number of ether oxygens (including phenoxy) is 1. The number of halogens is 1. The normalized spacial score (nSPS) is 27.1. The topological polar surface area (TPSA) is 58.6 Å². The van der Waals surface area contributed by atoms with Crippen molar-refractivity contribution in [3.8, 4) is 0 Å². The van der Waals surface area contributed by atoms with Crippen molar-refractivity contribution >= 4 is 5.91 Å². The number of hydrogen-bond donors (Lipinski definition) is 2. The summed E-state index contributed by atoms with van der Waals surface area (Å²) < 4.78 is 18.4. The van der Waals surface area contributed by atoms with E-state index in [9.17, 15) is 14.3 Å². The van der Waals surface area contributed by atoms with Gasteiger partial charge in [-0.2, -0.15) is 0 Å². The summed E-state index contributed by atoms with van der Waals surface area (Å²) >= 11 is 0. The van der Waals surface area contributed by atoms with Crippen LogP contribution in [0.3, 0.4) is 0 Å². The molecule has 0 aromatic heterocycles. The summed E-state index contributed by atoms with van der Waals surface area (Å²) in [4.78, 5) is 12.1. The van der Waals surface area contributed by atoms with E-state index < -0.39 is 5.60 Å². The maximum Gasteiger partial charge on any atom is 0.223 e. The van der Waals surface area contributed by atoms with Crippen molar-refractivity contribution < 1.29 is 19.0 Å². The van der Waals surface area contributed by atoms with Crippen LogP contribution in [-0.2, 0) is 9.53 Å². The molecule has 21 heavy (non-hydrogen) atoms. The fraction of sp³-hybridized carbons (Fsp3) is 0.562. The van der Waals surface area contributed by atoms with Crippen LogP contribution in [0.1, 0.15) is 30.7 Å². The molecular weight excluding hydrogens is 273 g/mol. The van der Waals surface area contributed by atoms with Crippen molar-refractivity contribution in [2.75, 3.05) is 19.8 Å². The largest absolute Gasteiger partial charge is 0.388 e. The second kappa shape index (κ2) is 5.73. The Morgan fingerprint density at radius 2 is 2.19 bits per heavy atom. The molecule has 0 radical (unpaired) electrons. The van der Waals surface area contributed by atoms with Crippen LogP contribution in [0.25, 0.3) is 0 Å². The Labute approximate surface area is 123 Å². The zero-order chi connectivity index (χ0) is 14.9. The van der Waals surface area contributed by atoms with Crippen LogP contribution in [-0.4, -0.2) is 36.4 Å². The summed E-state index contributed by atoms with van der Waals surface area (Å²) in [6, 6.07) is 6.42. The predicted molar refractivity (Wildman–Crippen MR) is 75.3 cm³/mol. The highest BCUT2D eigenvalue weighted by Gasteiger charge is 2.44. The first kappa shape index (κ1) is 14.5. The van der Waals surface area contributed by atoms with Crippen LogP contribution in [0, 0.1) is 11.7 Å². The van der Waals surface area contributed by atoms with Gasteiger partial charge in [0, 0.05) is 38.5 Å². The van der Waals surface area contributed by atoms with E-state index >= 15 is 0 Å². The molecule has 1 aromatic carbocycles. The van der Waals surface area contributed by atoms with Gasteiger partial charge in [-0.25, -0.2) is 4.39 Å². The number of benzene rings is 1. The quantitative estimate of drug-likeness (QED) is 0.886. The highest BCUT2D eigenvalue weighted by atomic mass is 19.1. The zero-order valence-corrected chi connectivity index (χ0v) is 11.8. The van der Waals surface area contributed by atoms with Crippen molar-refractivity contribution in [3.63, 3.8) is 0 Å². The van der Waals surface area contributed by atoms with Crippen molar-refractivity contribution in [1.29, 1.82) is 0 Å². The SMILES string of the molecule is O=C(NCC1(O)CCOCC1)C1CC1c1cccc(F)c1.